The molecule has 3 aromatic rings. The standard InChI is InChI=1S/C25H28BrN3O2/c1-17-6-7-21(23(12-17)29-10-4-3-5-11-29)22-13-18(2)31-24(22)16-28-25(30)15-20-14-19(26)8-9-27-20/h6-9,12-14H,3-5,10-11,15-16H2,1-2H3,(H,28,30). The summed E-state index contributed by atoms with van der Waals surface area (Å²) >= 11 is 3.42. The number of halogens is 1. The van der Waals surface area contributed by atoms with Crippen molar-refractivity contribution in [3.05, 3.63) is 69.8 Å². The molecule has 0 aliphatic carbocycles. The highest BCUT2D eigenvalue weighted by molar-refractivity contribution is 9.10. The summed E-state index contributed by atoms with van der Waals surface area (Å²) in [5, 5.41) is 3.00. The van der Waals surface area contributed by atoms with Crippen LogP contribution in [0.15, 0.2) is 51.5 Å². The number of carbonyl (C=O) groups is 1. The van der Waals surface area contributed by atoms with Gasteiger partial charge in [0.25, 0.3) is 0 Å². The molecule has 1 N–H and O–H groups in total. The molecule has 1 fully saturated rings. The van der Waals surface area contributed by atoms with Gasteiger partial charge in [-0.2, -0.15) is 0 Å². The Labute approximate surface area is 192 Å². The highest BCUT2D eigenvalue weighted by atomic mass is 79.9. The maximum absolute atomic E-state index is 12.5. The summed E-state index contributed by atoms with van der Waals surface area (Å²) in [6, 6.07) is 12.4. The number of amides is 1. The van der Waals surface area contributed by atoms with Gasteiger partial charge in [0.15, 0.2) is 0 Å². The molecule has 3 heterocycles. The maximum Gasteiger partial charge on any atom is 0.226 e. The molecule has 0 radical (unpaired) electrons. The van der Waals surface area contributed by atoms with E-state index in [2.05, 4.69) is 62.3 Å². The summed E-state index contributed by atoms with van der Waals surface area (Å²) in [5.74, 6) is 1.55. The molecule has 0 spiro atoms. The summed E-state index contributed by atoms with van der Waals surface area (Å²) in [7, 11) is 0. The lowest BCUT2D eigenvalue weighted by atomic mass is 9.99. The van der Waals surface area contributed by atoms with Gasteiger partial charge in [-0.3, -0.25) is 9.78 Å². The largest absolute Gasteiger partial charge is 0.464 e. The first-order valence-corrected chi connectivity index (χ1v) is 11.6. The molecule has 5 nitrogen and oxygen atoms in total. The van der Waals surface area contributed by atoms with Crippen molar-refractivity contribution in [1.29, 1.82) is 0 Å². The molecule has 1 saturated heterocycles. The van der Waals surface area contributed by atoms with E-state index >= 15 is 0 Å². The topological polar surface area (TPSA) is 58.4 Å². The Balaban J connectivity index is 1.54. The summed E-state index contributed by atoms with van der Waals surface area (Å²) in [5.41, 5.74) is 5.46. The zero-order chi connectivity index (χ0) is 21.8. The minimum atomic E-state index is -0.0780. The predicted molar refractivity (Wildman–Crippen MR) is 127 cm³/mol. The van der Waals surface area contributed by atoms with Crippen LogP contribution in [0.1, 0.15) is 42.0 Å². The first kappa shape index (κ1) is 21.6. The summed E-state index contributed by atoms with van der Waals surface area (Å²) in [6.07, 6.45) is 5.68. The average molecular weight is 482 g/mol. The molecule has 1 aliphatic rings. The molecule has 1 aromatic carbocycles. The number of hydrogen-bond acceptors (Lipinski definition) is 4. The molecule has 1 aliphatic heterocycles. The van der Waals surface area contributed by atoms with Gasteiger partial charge in [0.1, 0.15) is 11.5 Å². The Morgan fingerprint density at radius 3 is 2.68 bits per heavy atom. The summed E-state index contributed by atoms with van der Waals surface area (Å²) in [4.78, 5) is 19.2. The van der Waals surface area contributed by atoms with E-state index in [-0.39, 0.29) is 12.3 Å². The lowest BCUT2D eigenvalue weighted by Crippen LogP contribution is -2.30. The van der Waals surface area contributed by atoms with E-state index in [4.69, 9.17) is 4.42 Å². The molecule has 6 heteroatoms. The van der Waals surface area contributed by atoms with Gasteiger partial charge in [-0.05, 0) is 62.9 Å². The van der Waals surface area contributed by atoms with Crippen LogP contribution >= 0.6 is 15.9 Å². The zero-order valence-corrected chi connectivity index (χ0v) is 19.7. The van der Waals surface area contributed by atoms with Crippen molar-refractivity contribution < 1.29 is 9.21 Å². The number of rotatable bonds is 6. The Kier molecular flexibility index (Phi) is 6.76. The Hall–Kier alpha value is -2.60. The van der Waals surface area contributed by atoms with Gasteiger partial charge in [-0.15, -0.1) is 0 Å². The Morgan fingerprint density at radius 2 is 1.90 bits per heavy atom. The number of anilines is 1. The van der Waals surface area contributed by atoms with Crippen LogP contribution in [0.2, 0.25) is 0 Å². The van der Waals surface area contributed by atoms with Gasteiger partial charge in [0.2, 0.25) is 5.91 Å². The van der Waals surface area contributed by atoms with E-state index < -0.39 is 0 Å². The fourth-order valence-corrected chi connectivity index (χ4v) is 4.52. The molecule has 0 bridgehead atoms. The number of aromatic nitrogens is 1. The number of benzene rings is 1. The van der Waals surface area contributed by atoms with Crippen LogP contribution < -0.4 is 10.2 Å². The molecular formula is C25H28BrN3O2. The normalized spacial score (nSPS) is 14.0. The van der Waals surface area contributed by atoms with Gasteiger partial charge in [0.05, 0.1) is 18.7 Å². The van der Waals surface area contributed by atoms with Crippen LogP contribution in [0.3, 0.4) is 0 Å². The molecule has 1 amide bonds. The second-order valence-corrected chi connectivity index (χ2v) is 9.10. The maximum atomic E-state index is 12.5. The SMILES string of the molecule is Cc1ccc(-c2cc(C)oc2CNC(=O)Cc2cc(Br)ccn2)c(N2CCCCC2)c1. The zero-order valence-electron chi connectivity index (χ0n) is 18.1. The Bertz CT molecular complexity index is 1070. The van der Waals surface area contributed by atoms with E-state index in [9.17, 15) is 4.79 Å². The average Bonchev–Trinajstić information content (AvgIpc) is 3.13. The number of piperidine rings is 1. The lowest BCUT2D eigenvalue weighted by Gasteiger charge is -2.31. The second-order valence-electron chi connectivity index (χ2n) is 8.18. The summed E-state index contributed by atoms with van der Waals surface area (Å²) < 4.78 is 6.92. The minimum Gasteiger partial charge on any atom is -0.464 e. The van der Waals surface area contributed by atoms with Crippen molar-refractivity contribution in [3.63, 3.8) is 0 Å². The van der Waals surface area contributed by atoms with Crippen LogP contribution in [-0.2, 0) is 17.8 Å². The highest BCUT2D eigenvalue weighted by Gasteiger charge is 2.20. The third-order valence-electron chi connectivity index (χ3n) is 5.64. The van der Waals surface area contributed by atoms with E-state index in [0.717, 1.165) is 40.3 Å². The van der Waals surface area contributed by atoms with Gasteiger partial charge in [-0.25, -0.2) is 0 Å². The molecular weight excluding hydrogens is 454 g/mol. The number of hydrogen-bond donors (Lipinski definition) is 1. The van der Waals surface area contributed by atoms with Crippen LogP contribution in [0, 0.1) is 13.8 Å². The first-order valence-electron chi connectivity index (χ1n) is 10.8. The van der Waals surface area contributed by atoms with Crippen molar-refractivity contribution in [2.75, 3.05) is 18.0 Å². The van der Waals surface area contributed by atoms with E-state index in [1.54, 1.807) is 6.20 Å². The monoisotopic (exact) mass is 481 g/mol. The van der Waals surface area contributed by atoms with Gasteiger partial charge < -0.3 is 14.6 Å². The van der Waals surface area contributed by atoms with E-state index in [1.165, 1.54) is 36.1 Å². The first-order chi connectivity index (χ1) is 15.0. The van der Waals surface area contributed by atoms with Crippen molar-refractivity contribution in [2.24, 2.45) is 0 Å². The fourth-order valence-electron chi connectivity index (χ4n) is 4.14. The van der Waals surface area contributed by atoms with Crippen molar-refractivity contribution in [1.82, 2.24) is 10.3 Å². The molecule has 4 rings (SSSR count). The number of aryl methyl sites for hydroxylation is 2. The quantitative estimate of drug-likeness (QED) is 0.499. The van der Waals surface area contributed by atoms with Gasteiger partial charge >= 0.3 is 0 Å². The smallest absolute Gasteiger partial charge is 0.226 e. The molecule has 2 aromatic heterocycles. The molecule has 31 heavy (non-hydrogen) atoms. The van der Waals surface area contributed by atoms with Gasteiger partial charge in [-0.1, -0.05) is 28.1 Å². The number of nitrogens with one attached hydrogen (secondary N) is 1. The van der Waals surface area contributed by atoms with Crippen molar-refractivity contribution in [3.8, 4) is 11.1 Å². The fraction of sp³-hybridized carbons (Fsp3) is 0.360. The van der Waals surface area contributed by atoms with Crippen molar-refractivity contribution in [2.45, 2.75) is 46.1 Å². The molecule has 0 unspecified atom stereocenters. The van der Waals surface area contributed by atoms with Crippen LogP contribution in [0.25, 0.3) is 11.1 Å². The van der Waals surface area contributed by atoms with E-state index in [1.807, 2.05) is 19.1 Å². The summed E-state index contributed by atoms with van der Waals surface area (Å²) in [6.45, 7) is 6.60. The molecule has 0 atom stereocenters. The second kappa shape index (κ2) is 9.69. The van der Waals surface area contributed by atoms with Crippen molar-refractivity contribution >= 4 is 27.5 Å². The number of nitrogens with zero attached hydrogens (tertiary/aromatic N) is 2. The number of pyridine rings is 1. The number of furan rings is 1. The predicted octanol–water partition coefficient (Wildman–Crippen LogP) is 5.57. The van der Waals surface area contributed by atoms with Crippen LogP contribution in [0.5, 0.6) is 0 Å². The molecule has 0 saturated carbocycles. The Morgan fingerprint density at radius 1 is 1.10 bits per heavy atom. The van der Waals surface area contributed by atoms with Crippen LogP contribution in [-0.4, -0.2) is 24.0 Å². The number of carbonyl (C=O) groups excluding carboxylic acids is 1. The highest BCUT2D eigenvalue weighted by Crippen LogP contribution is 2.37. The lowest BCUT2D eigenvalue weighted by molar-refractivity contribution is -0.120. The third kappa shape index (κ3) is 5.37. The minimum absolute atomic E-state index is 0.0780. The van der Waals surface area contributed by atoms with E-state index in [0.29, 0.717) is 6.54 Å². The van der Waals surface area contributed by atoms with Crippen LogP contribution in [0.4, 0.5) is 5.69 Å². The third-order valence-corrected chi connectivity index (χ3v) is 6.13. The van der Waals surface area contributed by atoms with Gasteiger partial charge in [0, 0.05) is 40.6 Å². The molecule has 162 valence electrons.